The predicted octanol–water partition coefficient (Wildman–Crippen LogP) is 0.0827. The van der Waals surface area contributed by atoms with Gasteiger partial charge in [0.25, 0.3) is 0 Å². The first-order chi connectivity index (χ1) is 9.78. The quantitative estimate of drug-likeness (QED) is 0.740. The lowest BCUT2D eigenvalue weighted by molar-refractivity contribution is -0.126. The van der Waals surface area contributed by atoms with Gasteiger partial charge in [0.2, 0.25) is 5.91 Å². The molecule has 0 spiro atoms. The van der Waals surface area contributed by atoms with Crippen molar-refractivity contribution < 1.29 is 4.79 Å². The Bertz CT molecular complexity index is 575. The molecule has 6 heteroatoms. The molecule has 1 unspecified atom stereocenters. The third-order valence-corrected chi connectivity index (χ3v) is 3.69. The molecule has 3 N–H and O–H groups in total. The second-order valence-electron chi connectivity index (χ2n) is 5.01. The van der Waals surface area contributed by atoms with Gasteiger partial charge in [0.05, 0.1) is 17.6 Å². The van der Waals surface area contributed by atoms with Gasteiger partial charge < -0.3 is 15.6 Å². The fourth-order valence-electron chi connectivity index (χ4n) is 2.63. The maximum atomic E-state index is 11.9. The lowest BCUT2D eigenvalue weighted by Gasteiger charge is -2.34. The van der Waals surface area contributed by atoms with Crippen LogP contribution in [0.3, 0.4) is 0 Å². The maximum Gasteiger partial charge on any atom is 0.238 e. The average Bonchev–Trinajstić information content (AvgIpc) is 2.89. The van der Waals surface area contributed by atoms with Crippen LogP contribution in [0.1, 0.15) is 5.82 Å². The minimum Gasteiger partial charge on any atom is -0.358 e. The van der Waals surface area contributed by atoms with Crippen LogP contribution in [0.15, 0.2) is 24.3 Å². The van der Waals surface area contributed by atoms with Gasteiger partial charge in [0.1, 0.15) is 11.9 Å². The largest absolute Gasteiger partial charge is 0.358 e. The fraction of sp³-hybridized carbons (Fsp3) is 0.429. The molecule has 0 aliphatic carbocycles. The first kappa shape index (κ1) is 13.1. The van der Waals surface area contributed by atoms with Crippen LogP contribution < -0.4 is 10.6 Å². The van der Waals surface area contributed by atoms with Gasteiger partial charge in [-0.05, 0) is 12.1 Å². The summed E-state index contributed by atoms with van der Waals surface area (Å²) < 4.78 is 0. The Morgan fingerprint density at radius 3 is 3.15 bits per heavy atom. The minimum absolute atomic E-state index is 0.0494. The van der Waals surface area contributed by atoms with Crippen LogP contribution >= 0.6 is 0 Å². The third-order valence-electron chi connectivity index (χ3n) is 3.69. The van der Waals surface area contributed by atoms with Gasteiger partial charge in [-0.2, -0.15) is 0 Å². The summed E-state index contributed by atoms with van der Waals surface area (Å²) >= 11 is 0. The van der Waals surface area contributed by atoms with Crippen molar-refractivity contribution in [1.29, 1.82) is 0 Å². The number of para-hydroxylation sites is 2. The molecule has 0 saturated carbocycles. The normalized spacial score (nSPS) is 20.1. The van der Waals surface area contributed by atoms with E-state index in [9.17, 15) is 4.79 Å². The number of hydrogen-bond acceptors (Lipinski definition) is 4. The number of piperazine rings is 1. The van der Waals surface area contributed by atoms with Crippen LogP contribution in [0.2, 0.25) is 0 Å². The second kappa shape index (κ2) is 5.60. The first-order valence-electron chi connectivity index (χ1n) is 6.88. The number of nitrogens with one attached hydrogen (secondary N) is 3. The summed E-state index contributed by atoms with van der Waals surface area (Å²) in [6, 6.07) is 7.83. The summed E-state index contributed by atoms with van der Waals surface area (Å²) in [6.45, 7) is 3.08. The summed E-state index contributed by atoms with van der Waals surface area (Å²) in [5, 5.41) is 5.99. The Morgan fingerprint density at radius 2 is 2.35 bits per heavy atom. The zero-order valence-electron chi connectivity index (χ0n) is 11.5. The fourth-order valence-corrected chi connectivity index (χ4v) is 2.63. The Kier molecular flexibility index (Phi) is 3.66. The standard InChI is InChI=1S/C14H19N5O/c1-15-14(20)12-8-16-6-7-19(12)9-13-17-10-4-2-3-5-11(10)18-13/h2-5,12,16H,6-9H2,1H3,(H,15,20)(H,17,18). The molecule has 20 heavy (non-hydrogen) atoms. The molecular formula is C14H19N5O. The van der Waals surface area contributed by atoms with Crippen molar-refractivity contribution in [3.05, 3.63) is 30.1 Å². The van der Waals surface area contributed by atoms with Crippen LogP contribution in [-0.2, 0) is 11.3 Å². The lowest BCUT2D eigenvalue weighted by atomic mass is 10.1. The van der Waals surface area contributed by atoms with Crippen LogP contribution in [0, 0.1) is 0 Å². The van der Waals surface area contributed by atoms with Crippen LogP contribution in [-0.4, -0.2) is 53.5 Å². The monoisotopic (exact) mass is 273 g/mol. The number of aromatic nitrogens is 2. The van der Waals surface area contributed by atoms with E-state index in [0.717, 1.165) is 29.9 Å². The van der Waals surface area contributed by atoms with E-state index < -0.39 is 0 Å². The number of benzene rings is 1. The zero-order valence-corrected chi connectivity index (χ0v) is 11.5. The van der Waals surface area contributed by atoms with Gasteiger partial charge in [-0.1, -0.05) is 12.1 Å². The first-order valence-corrected chi connectivity index (χ1v) is 6.88. The van der Waals surface area contributed by atoms with E-state index in [1.54, 1.807) is 7.05 Å². The van der Waals surface area contributed by atoms with E-state index in [1.165, 1.54) is 0 Å². The molecule has 1 amide bonds. The number of carbonyl (C=O) groups excluding carboxylic acids is 1. The molecule has 0 radical (unpaired) electrons. The smallest absolute Gasteiger partial charge is 0.238 e. The van der Waals surface area contributed by atoms with Crippen molar-refractivity contribution in [2.75, 3.05) is 26.7 Å². The van der Waals surface area contributed by atoms with Crippen molar-refractivity contribution in [3.63, 3.8) is 0 Å². The van der Waals surface area contributed by atoms with Crippen molar-refractivity contribution in [1.82, 2.24) is 25.5 Å². The van der Waals surface area contributed by atoms with Crippen LogP contribution in [0.4, 0.5) is 0 Å². The summed E-state index contributed by atoms with van der Waals surface area (Å²) in [7, 11) is 1.68. The summed E-state index contributed by atoms with van der Waals surface area (Å²) in [5.41, 5.74) is 2.00. The Hall–Kier alpha value is -1.92. The van der Waals surface area contributed by atoms with Crippen LogP contribution in [0.5, 0.6) is 0 Å². The van der Waals surface area contributed by atoms with Crippen LogP contribution in [0.25, 0.3) is 11.0 Å². The average molecular weight is 273 g/mol. The minimum atomic E-state index is -0.137. The number of rotatable bonds is 3. The highest BCUT2D eigenvalue weighted by molar-refractivity contribution is 5.81. The van der Waals surface area contributed by atoms with Crippen molar-refractivity contribution in [2.24, 2.45) is 0 Å². The van der Waals surface area contributed by atoms with Crippen molar-refractivity contribution in [2.45, 2.75) is 12.6 Å². The molecule has 0 bridgehead atoms. The molecule has 106 valence electrons. The molecule has 1 aromatic heterocycles. The number of fused-ring (bicyclic) bond motifs is 1. The van der Waals surface area contributed by atoms with Crippen molar-refractivity contribution >= 4 is 16.9 Å². The predicted molar refractivity (Wildman–Crippen MR) is 77.2 cm³/mol. The van der Waals surface area contributed by atoms with E-state index in [2.05, 4.69) is 25.5 Å². The molecule has 1 aliphatic rings. The van der Waals surface area contributed by atoms with Gasteiger partial charge >= 0.3 is 0 Å². The highest BCUT2D eigenvalue weighted by Gasteiger charge is 2.28. The number of hydrogen-bond donors (Lipinski definition) is 3. The molecule has 2 heterocycles. The number of amides is 1. The molecule has 6 nitrogen and oxygen atoms in total. The molecular weight excluding hydrogens is 254 g/mol. The number of imidazole rings is 1. The molecule has 1 fully saturated rings. The van der Waals surface area contributed by atoms with Gasteiger partial charge in [0, 0.05) is 26.7 Å². The number of nitrogens with zero attached hydrogens (tertiary/aromatic N) is 2. The molecule has 1 aromatic carbocycles. The summed E-state index contributed by atoms with van der Waals surface area (Å²) in [6.07, 6.45) is 0. The highest BCUT2D eigenvalue weighted by atomic mass is 16.2. The van der Waals surface area contributed by atoms with E-state index in [0.29, 0.717) is 13.1 Å². The van der Waals surface area contributed by atoms with Gasteiger partial charge in [-0.15, -0.1) is 0 Å². The molecule has 1 aliphatic heterocycles. The SMILES string of the molecule is CNC(=O)C1CNCCN1Cc1nc2ccccc2[nH]1. The van der Waals surface area contributed by atoms with Gasteiger partial charge in [-0.25, -0.2) is 4.98 Å². The molecule has 1 atom stereocenters. The second-order valence-corrected chi connectivity index (χ2v) is 5.01. The molecule has 3 rings (SSSR count). The Morgan fingerprint density at radius 1 is 1.50 bits per heavy atom. The highest BCUT2D eigenvalue weighted by Crippen LogP contribution is 2.13. The van der Waals surface area contributed by atoms with Gasteiger partial charge in [0.15, 0.2) is 0 Å². The molecule has 1 saturated heterocycles. The van der Waals surface area contributed by atoms with E-state index >= 15 is 0 Å². The van der Waals surface area contributed by atoms with Gasteiger partial charge in [-0.3, -0.25) is 9.69 Å². The molecule has 2 aromatic rings. The number of likely N-dealkylation sites (N-methyl/N-ethyl adjacent to an activating group) is 1. The number of H-pyrrole nitrogens is 1. The lowest BCUT2D eigenvalue weighted by Crippen LogP contribution is -2.57. The Balaban J connectivity index is 1.79. The Labute approximate surface area is 117 Å². The topological polar surface area (TPSA) is 73.1 Å². The van der Waals surface area contributed by atoms with E-state index in [1.807, 2.05) is 24.3 Å². The number of aromatic amines is 1. The zero-order chi connectivity index (χ0) is 13.9. The number of carbonyl (C=O) groups is 1. The van der Waals surface area contributed by atoms with Crippen molar-refractivity contribution in [3.8, 4) is 0 Å². The van der Waals surface area contributed by atoms with E-state index in [-0.39, 0.29) is 11.9 Å². The third kappa shape index (κ3) is 2.52. The summed E-state index contributed by atoms with van der Waals surface area (Å²) in [4.78, 5) is 22.0. The van der Waals surface area contributed by atoms with E-state index in [4.69, 9.17) is 0 Å². The maximum absolute atomic E-state index is 11.9. The summed E-state index contributed by atoms with van der Waals surface area (Å²) in [5.74, 6) is 0.954.